The molecule has 7 nitrogen and oxygen atoms in total. The zero-order chi connectivity index (χ0) is 15.6. The number of nitrogens with zero attached hydrogens (tertiary/aromatic N) is 2. The highest BCUT2D eigenvalue weighted by molar-refractivity contribution is 7.89. The van der Waals surface area contributed by atoms with E-state index < -0.39 is 27.1 Å². The molecule has 0 radical (unpaired) electrons. The minimum Gasteiger partial charge on any atom is -0.478 e. The minimum absolute atomic E-state index is 0.373. The summed E-state index contributed by atoms with van der Waals surface area (Å²) in [7, 11) is -2.58. The Kier molecular flexibility index (Phi) is 4.10. The van der Waals surface area contributed by atoms with Gasteiger partial charge < -0.3 is 5.11 Å². The van der Waals surface area contributed by atoms with Crippen LogP contribution in [-0.2, 0) is 10.0 Å². The highest BCUT2D eigenvalue weighted by atomic mass is 32.2. The van der Waals surface area contributed by atoms with E-state index in [0.717, 1.165) is 16.1 Å². The number of carbonyl (C=O) groups is 1. The third-order valence-corrected chi connectivity index (χ3v) is 5.20. The van der Waals surface area contributed by atoms with Gasteiger partial charge in [0, 0.05) is 13.1 Å². The predicted octanol–water partition coefficient (Wildman–Crippen LogP) is 1.49. The van der Waals surface area contributed by atoms with Gasteiger partial charge in [0.25, 0.3) is 10.0 Å². The maximum absolute atomic E-state index is 12.5. The number of rotatable bonds is 5. The topological polar surface area (TPSA) is 103 Å². The monoisotopic (exact) mass is 309 g/mol. The molecule has 2 N–H and O–H groups in total. The molecule has 0 fully saturated rings. The SMILES string of the molecule is CC(c1ccccc1)N(C)S(=O)(=O)c1[nH]ncc1C(=O)O. The number of H-pyrrole nitrogens is 1. The number of nitrogens with one attached hydrogen (secondary N) is 1. The Hall–Kier alpha value is -2.19. The number of hydrogen-bond donors (Lipinski definition) is 2. The second-order valence-corrected chi connectivity index (χ2v) is 6.46. The molecule has 0 amide bonds. The van der Waals surface area contributed by atoms with Crippen LogP contribution < -0.4 is 0 Å². The van der Waals surface area contributed by atoms with E-state index in [-0.39, 0.29) is 5.56 Å². The van der Waals surface area contributed by atoms with E-state index in [1.54, 1.807) is 6.92 Å². The molecule has 1 unspecified atom stereocenters. The van der Waals surface area contributed by atoms with Crippen LogP contribution in [0.5, 0.6) is 0 Å². The van der Waals surface area contributed by atoms with Gasteiger partial charge in [-0.25, -0.2) is 13.2 Å². The van der Waals surface area contributed by atoms with Gasteiger partial charge >= 0.3 is 5.97 Å². The zero-order valence-corrected chi connectivity index (χ0v) is 12.3. The first kappa shape index (κ1) is 15.2. The van der Waals surface area contributed by atoms with E-state index in [9.17, 15) is 13.2 Å². The Labute approximate surface area is 122 Å². The zero-order valence-electron chi connectivity index (χ0n) is 11.5. The van der Waals surface area contributed by atoms with Crippen molar-refractivity contribution in [2.75, 3.05) is 7.05 Å². The number of carboxylic acid groups (broad SMARTS) is 1. The molecular formula is C13H15N3O4S. The molecule has 1 aromatic carbocycles. The van der Waals surface area contributed by atoms with Crippen molar-refractivity contribution in [3.63, 3.8) is 0 Å². The third kappa shape index (κ3) is 2.81. The molecule has 0 saturated carbocycles. The van der Waals surface area contributed by atoms with Gasteiger partial charge in [0.2, 0.25) is 0 Å². The maximum Gasteiger partial charge on any atom is 0.340 e. The van der Waals surface area contributed by atoms with Gasteiger partial charge in [-0.15, -0.1) is 0 Å². The Morgan fingerprint density at radius 1 is 1.33 bits per heavy atom. The quantitative estimate of drug-likeness (QED) is 0.871. The summed E-state index contributed by atoms with van der Waals surface area (Å²) in [6.07, 6.45) is 0.982. The molecule has 1 atom stereocenters. The first-order valence-electron chi connectivity index (χ1n) is 6.15. The van der Waals surface area contributed by atoms with Gasteiger partial charge in [0.05, 0.1) is 6.20 Å². The normalized spacial score (nSPS) is 13.3. The average molecular weight is 309 g/mol. The van der Waals surface area contributed by atoms with Crippen molar-refractivity contribution in [3.05, 3.63) is 47.7 Å². The van der Waals surface area contributed by atoms with E-state index >= 15 is 0 Å². The summed E-state index contributed by atoms with van der Waals surface area (Å²) >= 11 is 0. The van der Waals surface area contributed by atoms with Crippen LogP contribution in [0.1, 0.15) is 28.9 Å². The van der Waals surface area contributed by atoms with Crippen molar-refractivity contribution in [3.8, 4) is 0 Å². The number of benzene rings is 1. The van der Waals surface area contributed by atoms with Crippen molar-refractivity contribution in [1.82, 2.24) is 14.5 Å². The summed E-state index contributed by atoms with van der Waals surface area (Å²) in [6.45, 7) is 1.73. The van der Waals surface area contributed by atoms with Crippen molar-refractivity contribution in [2.24, 2.45) is 0 Å². The van der Waals surface area contributed by atoms with Gasteiger partial charge in [0.1, 0.15) is 5.56 Å². The van der Waals surface area contributed by atoms with E-state index in [4.69, 9.17) is 5.11 Å². The van der Waals surface area contributed by atoms with Crippen molar-refractivity contribution in [1.29, 1.82) is 0 Å². The second-order valence-electron chi connectivity index (χ2n) is 4.53. The third-order valence-electron chi connectivity index (χ3n) is 3.30. The Bertz CT molecular complexity index is 740. The fourth-order valence-electron chi connectivity index (χ4n) is 1.92. The van der Waals surface area contributed by atoms with Crippen LogP contribution in [0.2, 0.25) is 0 Å². The fourth-order valence-corrected chi connectivity index (χ4v) is 3.33. The lowest BCUT2D eigenvalue weighted by molar-refractivity contribution is 0.0692. The van der Waals surface area contributed by atoms with Crippen LogP contribution in [0.4, 0.5) is 0 Å². The largest absolute Gasteiger partial charge is 0.478 e. The summed E-state index contributed by atoms with van der Waals surface area (Å²) in [5, 5.41) is 14.4. The Morgan fingerprint density at radius 3 is 2.52 bits per heavy atom. The molecular weight excluding hydrogens is 294 g/mol. The lowest BCUT2D eigenvalue weighted by Crippen LogP contribution is -2.31. The van der Waals surface area contributed by atoms with Crippen molar-refractivity contribution in [2.45, 2.75) is 18.0 Å². The van der Waals surface area contributed by atoms with Gasteiger partial charge in [-0.05, 0) is 12.5 Å². The van der Waals surface area contributed by atoms with Gasteiger partial charge in [-0.2, -0.15) is 9.40 Å². The first-order valence-corrected chi connectivity index (χ1v) is 7.59. The van der Waals surface area contributed by atoms with Crippen LogP contribution >= 0.6 is 0 Å². The summed E-state index contributed by atoms with van der Waals surface area (Å²) in [5.41, 5.74) is 0.432. The molecule has 1 heterocycles. The molecule has 0 saturated heterocycles. The van der Waals surface area contributed by atoms with E-state index in [0.29, 0.717) is 0 Å². The summed E-state index contributed by atoms with van der Waals surface area (Å²) in [5.74, 6) is -1.34. The summed E-state index contributed by atoms with van der Waals surface area (Å²) < 4.78 is 26.2. The molecule has 0 aliphatic rings. The Balaban J connectivity index is 2.39. The Morgan fingerprint density at radius 2 is 1.95 bits per heavy atom. The van der Waals surface area contributed by atoms with Crippen LogP contribution in [0.15, 0.2) is 41.6 Å². The fraction of sp³-hybridized carbons (Fsp3) is 0.231. The number of carboxylic acids is 1. The summed E-state index contributed by atoms with van der Waals surface area (Å²) in [6, 6.07) is 8.63. The van der Waals surface area contributed by atoms with E-state index in [1.165, 1.54) is 7.05 Å². The van der Waals surface area contributed by atoms with Crippen LogP contribution in [0.25, 0.3) is 0 Å². The van der Waals surface area contributed by atoms with Crippen LogP contribution in [0, 0.1) is 0 Å². The average Bonchev–Trinajstić information content (AvgIpc) is 2.97. The molecule has 1 aromatic heterocycles. The number of aromatic carboxylic acids is 1. The van der Waals surface area contributed by atoms with Gasteiger partial charge in [0.15, 0.2) is 5.03 Å². The highest BCUT2D eigenvalue weighted by Crippen LogP contribution is 2.26. The maximum atomic E-state index is 12.5. The standard InChI is InChI=1S/C13H15N3O4S/c1-9(10-6-4-3-5-7-10)16(2)21(19,20)12-11(13(17)18)8-14-15-12/h3-9H,1-2H3,(H,14,15)(H,17,18). The molecule has 112 valence electrons. The van der Waals surface area contributed by atoms with Gasteiger partial charge in [-0.3, -0.25) is 5.10 Å². The molecule has 21 heavy (non-hydrogen) atoms. The smallest absolute Gasteiger partial charge is 0.340 e. The molecule has 0 aliphatic heterocycles. The highest BCUT2D eigenvalue weighted by Gasteiger charge is 2.31. The lowest BCUT2D eigenvalue weighted by Gasteiger charge is -2.24. The van der Waals surface area contributed by atoms with Gasteiger partial charge in [-0.1, -0.05) is 30.3 Å². The molecule has 0 bridgehead atoms. The lowest BCUT2D eigenvalue weighted by atomic mass is 10.1. The van der Waals surface area contributed by atoms with E-state index in [1.807, 2.05) is 30.3 Å². The minimum atomic E-state index is -3.98. The van der Waals surface area contributed by atoms with E-state index in [2.05, 4.69) is 10.2 Å². The van der Waals surface area contributed by atoms with Crippen LogP contribution in [-0.4, -0.2) is 41.0 Å². The number of hydrogen-bond acceptors (Lipinski definition) is 4. The molecule has 8 heteroatoms. The number of aromatic amines is 1. The first-order chi connectivity index (χ1) is 9.85. The van der Waals surface area contributed by atoms with Crippen LogP contribution in [0.3, 0.4) is 0 Å². The predicted molar refractivity (Wildman–Crippen MR) is 75.4 cm³/mol. The van der Waals surface area contributed by atoms with Crippen molar-refractivity contribution >= 4 is 16.0 Å². The molecule has 2 aromatic rings. The molecule has 2 rings (SSSR count). The number of sulfonamides is 1. The number of aromatic nitrogens is 2. The second kappa shape index (κ2) is 5.66. The summed E-state index contributed by atoms with van der Waals surface area (Å²) in [4.78, 5) is 11.0. The molecule has 0 spiro atoms. The molecule has 0 aliphatic carbocycles. The van der Waals surface area contributed by atoms with Crippen molar-refractivity contribution < 1.29 is 18.3 Å².